The van der Waals surface area contributed by atoms with E-state index in [4.69, 9.17) is 0 Å². The quantitative estimate of drug-likeness (QED) is 0.412. The summed E-state index contributed by atoms with van der Waals surface area (Å²) < 4.78 is 2.36. The zero-order chi connectivity index (χ0) is 21.1. The van der Waals surface area contributed by atoms with Crippen molar-refractivity contribution in [2.45, 2.75) is 33.9 Å². The minimum Gasteiger partial charge on any atom is -0.381 e. The van der Waals surface area contributed by atoms with Gasteiger partial charge in [-0.2, -0.15) is 0 Å². The first-order valence-electron chi connectivity index (χ1n) is 10.7. The highest BCUT2D eigenvalue weighted by atomic mass is 16.1. The number of carbonyl (C=O) groups is 1. The Kier molecular flexibility index (Phi) is 5.75. The molecule has 154 valence electrons. The number of fused-ring (bicyclic) bond motifs is 3. The van der Waals surface area contributed by atoms with Crippen LogP contribution < -0.4 is 10.6 Å². The number of nitrogens with one attached hydrogen (secondary N) is 2. The third-order valence-corrected chi connectivity index (χ3v) is 5.45. The molecule has 0 spiro atoms. The Hall–Kier alpha value is -3.27. The average Bonchev–Trinajstić information content (AvgIpc) is 3.09. The van der Waals surface area contributed by atoms with E-state index in [1.54, 1.807) is 0 Å². The number of nitrogens with zero attached hydrogens (tertiary/aromatic N) is 1. The van der Waals surface area contributed by atoms with Gasteiger partial charge in [0, 0.05) is 52.7 Å². The molecule has 0 atom stereocenters. The van der Waals surface area contributed by atoms with E-state index in [1.165, 1.54) is 27.4 Å². The summed E-state index contributed by atoms with van der Waals surface area (Å²) in [6.07, 6.45) is 0. The van der Waals surface area contributed by atoms with Crippen molar-refractivity contribution in [3.63, 3.8) is 0 Å². The second-order valence-corrected chi connectivity index (χ2v) is 8.15. The minimum absolute atomic E-state index is 0.0267. The van der Waals surface area contributed by atoms with Crippen molar-refractivity contribution < 1.29 is 4.79 Å². The van der Waals surface area contributed by atoms with Crippen LogP contribution in [0.25, 0.3) is 21.8 Å². The monoisotopic (exact) mass is 399 g/mol. The van der Waals surface area contributed by atoms with E-state index < -0.39 is 0 Å². The number of rotatable bonds is 7. The van der Waals surface area contributed by atoms with Gasteiger partial charge >= 0.3 is 0 Å². The maximum atomic E-state index is 12.3. The lowest BCUT2D eigenvalue weighted by Gasteiger charge is -2.11. The molecule has 4 rings (SSSR count). The number of aromatic nitrogens is 1. The van der Waals surface area contributed by atoms with Gasteiger partial charge in [0.15, 0.2) is 0 Å². The number of amides is 1. The number of hydrogen-bond donors (Lipinski definition) is 2. The highest BCUT2D eigenvalue weighted by Gasteiger charge is 2.10. The van der Waals surface area contributed by atoms with E-state index in [1.807, 2.05) is 24.3 Å². The molecule has 0 radical (unpaired) electrons. The summed E-state index contributed by atoms with van der Waals surface area (Å²) in [7, 11) is 0. The van der Waals surface area contributed by atoms with Gasteiger partial charge in [-0.25, -0.2) is 0 Å². The van der Waals surface area contributed by atoms with Crippen molar-refractivity contribution in [1.82, 2.24) is 9.88 Å². The van der Waals surface area contributed by atoms with Crippen molar-refractivity contribution >= 4 is 33.4 Å². The van der Waals surface area contributed by atoms with E-state index in [9.17, 15) is 4.79 Å². The van der Waals surface area contributed by atoms with Gasteiger partial charge in [-0.15, -0.1) is 0 Å². The molecule has 4 heteroatoms. The highest BCUT2D eigenvalue weighted by Crippen LogP contribution is 2.29. The normalized spacial score (nSPS) is 11.3. The molecule has 1 heterocycles. The number of benzene rings is 3. The molecule has 0 unspecified atom stereocenters. The van der Waals surface area contributed by atoms with Crippen LogP contribution in [0.5, 0.6) is 0 Å². The van der Waals surface area contributed by atoms with E-state index in [0.29, 0.717) is 24.6 Å². The van der Waals surface area contributed by atoms with Crippen LogP contribution in [0.15, 0.2) is 66.7 Å². The molecule has 0 aliphatic rings. The van der Waals surface area contributed by atoms with Gasteiger partial charge in [0.1, 0.15) is 0 Å². The maximum absolute atomic E-state index is 12.3. The number of para-hydroxylation sites is 1. The molecular formula is C26H29N3O. The highest BCUT2D eigenvalue weighted by molar-refractivity contribution is 6.08. The summed E-state index contributed by atoms with van der Waals surface area (Å²) in [6.45, 7) is 8.71. The first-order valence-corrected chi connectivity index (χ1v) is 10.7. The largest absolute Gasteiger partial charge is 0.381 e. The summed E-state index contributed by atoms with van der Waals surface area (Å²) in [5, 5.41) is 9.02. The van der Waals surface area contributed by atoms with Crippen LogP contribution in [0.2, 0.25) is 0 Å². The smallest absolute Gasteiger partial charge is 0.251 e. The van der Waals surface area contributed by atoms with Crippen molar-refractivity contribution in [3.05, 3.63) is 77.9 Å². The predicted octanol–water partition coefficient (Wildman–Crippen LogP) is 5.81. The van der Waals surface area contributed by atoms with E-state index >= 15 is 0 Å². The molecule has 0 fully saturated rings. The Bertz CT molecular complexity index is 1190. The maximum Gasteiger partial charge on any atom is 0.251 e. The molecule has 0 saturated carbocycles. The summed E-state index contributed by atoms with van der Waals surface area (Å²) in [5.41, 5.74) is 5.40. The molecule has 30 heavy (non-hydrogen) atoms. The van der Waals surface area contributed by atoms with E-state index in [0.717, 1.165) is 12.2 Å². The third-order valence-electron chi connectivity index (χ3n) is 5.45. The number of aryl methyl sites for hydroxylation is 1. The molecule has 1 aromatic heterocycles. The summed E-state index contributed by atoms with van der Waals surface area (Å²) in [6, 6.07) is 22.9. The summed E-state index contributed by atoms with van der Waals surface area (Å²) in [4.78, 5) is 12.3. The first kappa shape index (κ1) is 20.0. The molecule has 1 amide bonds. The lowest BCUT2D eigenvalue weighted by Crippen LogP contribution is -2.27. The van der Waals surface area contributed by atoms with Gasteiger partial charge < -0.3 is 15.2 Å². The fourth-order valence-electron chi connectivity index (χ4n) is 3.92. The molecule has 3 aromatic carbocycles. The van der Waals surface area contributed by atoms with Gasteiger partial charge in [0.05, 0.1) is 0 Å². The van der Waals surface area contributed by atoms with Crippen LogP contribution in [0.3, 0.4) is 0 Å². The first-order chi connectivity index (χ1) is 14.6. The lowest BCUT2D eigenvalue weighted by atomic mass is 10.1. The Morgan fingerprint density at radius 3 is 2.53 bits per heavy atom. The molecule has 2 N–H and O–H groups in total. The van der Waals surface area contributed by atoms with Gasteiger partial charge in [-0.05, 0) is 54.8 Å². The SMILES string of the molecule is CCn1c2ccccc2c2cc(CNc3cccc(C(=O)NCC(C)C)c3)ccc21. The number of carbonyl (C=O) groups excluding carboxylic acids is 1. The van der Waals surface area contributed by atoms with Gasteiger partial charge in [0.25, 0.3) is 5.91 Å². The Morgan fingerprint density at radius 2 is 1.73 bits per heavy atom. The van der Waals surface area contributed by atoms with Gasteiger partial charge in [-0.3, -0.25) is 4.79 Å². The third kappa shape index (κ3) is 4.04. The Balaban J connectivity index is 1.53. The standard InChI is InChI=1S/C26H29N3O/c1-4-29-24-11-6-5-10-22(24)23-14-19(12-13-25(23)29)17-27-21-9-7-8-20(15-21)26(30)28-16-18(2)3/h5-15,18,27H,4,16-17H2,1-3H3,(H,28,30). The van der Waals surface area contributed by atoms with Crippen LogP contribution in [0.4, 0.5) is 5.69 Å². The average molecular weight is 400 g/mol. The van der Waals surface area contributed by atoms with Crippen molar-refractivity contribution in [2.24, 2.45) is 5.92 Å². The molecular weight excluding hydrogens is 370 g/mol. The fraction of sp³-hybridized carbons (Fsp3) is 0.269. The predicted molar refractivity (Wildman–Crippen MR) is 126 cm³/mol. The van der Waals surface area contributed by atoms with Crippen LogP contribution in [0, 0.1) is 5.92 Å². The van der Waals surface area contributed by atoms with Crippen molar-refractivity contribution in [1.29, 1.82) is 0 Å². The van der Waals surface area contributed by atoms with Crippen molar-refractivity contribution in [2.75, 3.05) is 11.9 Å². The van der Waals surface area contributed by atoms with Crippen LogP contribution in [0.1, 0.15) is 36.7 Å². The molecule has 4 nitrogen and oxygen atoms in total. The summed E-state index contributed by atoms with van der Waals surface area (Å²) >= 11 is 0. The minimum atomic E-state index is -0.0267. The van der Waals surface area contributed by atoms with E-state index in [-0.39, 0.29) is 5.91 Å². The molecule has 0 aliphatic heterocycles. The molecule has 4 aromatic rings. The van der Waals surface area contributed by atoms with Crippen LogP contribution >= 0.6 is 0 Å². The number of anilines is 1. The molecule has 0 bridgehead atoms. The van der Waals surface area contributed by atoms with Crippen molar-refractivity contribution in [3.8, 4) is 0 Å². The van der Waals surface area contributed by atoms with Crippen LogP contribution in [-0.4, -0.2) is 17.0 Å². The molecule has 0 aliphatic carbocycles. The second-order valence-electron chi connectivity index (χ2n) is 8.15. The second kappa shape index (κ2) is 8.62. The van der Waals surface area contributed by atoms with Gasteiger partial charge in [-0.1, -0.05) is 44.2 Å². The zero-order valence-corrected chi connectivity index (χ0v) is 17.9. The van der Waals surface area contributed by atoms with Gasteiger partial charge in [0.2, 0.25) is 0 Å². The van der Waals surface area contributed by atoms with E-state index in [2.05, 4.69) is 78.4 Å². The lowest BCUT2D eigenvalue weighted by molar-refractivity contribution is 0.0949. The molecule has 0 saturated heterocycles. The Morgan fingerprint density at radius 1 is 0.933 bits per heavy atom. The topological polar surface area (TPSA) is 46.1 Å². The zero-order valence-electron chi connectivity index (χ0n) is 17.9. The Labute approximate surface area is 177 Å². The fourth-order valence-corrected chi connectivity index (χ4v) is 3.92. The number of hydrogen-bond acceptors (Lipinski definition) is 2. The van der Waals surface area contributed by atoms with Crippen LogP contribution in [-0.2, 0) is 13.1 Å². The summed E-state index contributed by atoms with van der Waals surface area (Å²) in [5.74, 6) is 0.407.